The third-order valence-electron chi connectivity index (χ3n) is 5.92. The summed E-state index contributed by atoms with van der Waals surface area (Å²) in [5, 5.41) is 2.63. The van der Waals surface area contributed by atoms with E-state index in [0.29, 0.717) is 0 Å². The summed E-state index contributed by atoms with van der Waals surface area (Å²) >= 11 is 3.40. The normalized spacial score (nSPS) is 12.2. The molecule has 1 atom stereocenters. The zero-order chi connectivity index (χ0) is 27.9. The Balaban J connectivity index is 2.05. The van der Waals surface area contributed by atoms with Crippen molar-refractivity contribution in [2.45, 2.75) is 19.0 Å². The van der Waals surface area contributed by atoms with Gasteiger partial charge in [0, 0.05) is 38.6 Å². The lowest BCUT2D eigenvalue weighted by Crippen LogP contribution is -2.53. The van der Waals surface area contributed by atoms with Crippen molar-refractivity contribution in [3.05, 3.63) is 100 Å². The van der Waals surface area contributed by atoms with Crippen LogP contribution in [0.25, 0.3) is 0 Å². The van der Waals surface area contributed by atoms with Gasteiger partial charge in [0.25, 0.3) is 0 Å². The van der Waals surface area contributed by atoms with Crippen LogP contribution in [0.3, 0.4) is 0 Å². The quantitative estimate of drug-likeness (QED) is 0.362. The van der Waals surface area contributed by atoms with Gasteiger partial charge in [-0.2, -0.15) is 12.7 Å². The summed E-state index contributed by atoms with van der Waals surface area (Å²) in [5.41, 5.74) is 1.72. The van der Waals surface area contributed by atoms with Gasteiger partial charge in [0.1, 0.15) is 18.4 Å². The molecule has 3 aromatic carbocycles. The molecule has 0 saturated heterocycles. The van der Waals surface area contributed by atoms with Gasteiger partial charge in [-0.3, -0.25) is 9.59 Å². The molecule has 3 rings (SSSR count). The van der Waals surface area contributed by atoms with E-state index in [9.17, 15) is 22.4 Å². The number of likely N-dealkylation sites (N-methyl/N-ethyl adjacent to an activating group) is 1. The maximum absolute atomic E-state index is 13.9. The van der Waals surface area contributed by atoms with Gasteiger partial charge < -0.3 is 10.2 Å². The third-order valence-corrected chi connectivity index (χ3v) is 8.27. The van der Waals surface area contributed by atoms with Crippen LogP contribution in [0.1, 0.15) is 11.1 Å². The molecule has 0 aliphatic heterocycles. The number of halogens is 2. The van der Waals surface area contributed by atoms with Crippen molar-refractivity contribution < 1.29 is 22.4 Å². The number of nitrogens with one attached hydrogen (secondary N) is 1. The fraction of sp³-hybridized carbons (Fsp3) is 0.259. The Morgan fingerprint density at radius 2 is 1.53 bits per heavy atom. The van der Waals surface area contributed by atoms with Gasteiger partial charge in [-0.1, -0.05) is 58.4 Å². The fourth-order valence-corrected chi connectivity index (χ4v) is 5.15. The van der Waals surface area contributed by atoms with Crippen molar-refractivity contribution in [2.24, 2.45) is 0 Å². The van der Waals surface area contributed by atoms with Crippen molar-refractivity contribution in [1.29, 1.82) is 0 Å². The molecule has 0 saturated carbocycles. The molecule has 0 aliphatic carbocycles. The molecule has 2 amide bonds. The largest absolute Gasteiger partial charge is 0.357 e. The van der Waals surface area contributed by atoms with E-state index in [0.717, 1.165) is 36.3 Å². The summed E-state index contributed by atoms with van der Waals surface area (Å²) in [6.45, 7) is -0.527. The summed E-state index contributed by atoms with van der Waals surface area (Å²) in [7, 11) is 0.0494. The molecule has 0 fully saturated rings. The van der Waals surface area contributed by atoms with Crippen LogP contribution in [-0.4, -0.2) is 63.2 Å². The molecule has 0 spiro atoms. The average Bonchev–Trinajstić information content (AvgIpc) is 2.90. The first-order valence-corrected chi connectivity index (χ1v) is 14.0. The van der Waals surface area contributed by atoms with Crippen LogP contribution in [0.2, 0.25) is 0 Å². The highest BCUT2D eigenvalue weighted by Crippen LogP contribution is 2.22. The van der Waals surface area contributed by atoms with Gasteiger partial charge in [0.15, 0.2) is 0 Å². The first-order valence-electron chi connectivity index (χ1n) is 11.8. The minimum absolute atomic E-state index is 0.0658. The summed E-state index contributed by atoms with van der Waals surface area (Å²) < 4.78 is 42.8. The van der Waals surface area contributed by atoms with E-state index in [-0.39, 0.29) is 24.6 Å². The number of rotatable bonds is 11. The van der Waals surface area contributed by atoms with Gasteiger partial charge in [0.2, 0.25) is 11.8 Å². The molecule has 0 aromatic heterocycles. The summed E-state index contributed by atoms with van der Waals surface area (Å²) in [6, 6.07) is 20.5. The molecule has 202 valence electrons. The van der Waals surface area contributed by atoms with Crippen molar-refractivity contribution in [3.8, 4) is 0 Å². The van der Waals surface area contributed by atoms with Crippen LogP contribution < -0.4 is 9.62 Å². The van der Waals surface area contributed by atoms with Gasteiger partial charge in [-0.25, -0.2) is 8.70 Å². The number of amides is 2. The van der Waals surface area contributed by atoms with Crippen molar-refractivity contribution in [3.63, 3.8) is 0 Å². The molecule has 0 aliphatic rings. The van der Waals surface area contributed by atoms with Crippen LogP contribution in [0.5, 0.6) is 0 Å². The molecule has 0 unspecified atom stereocenters. The van der Waals surface area contributed by atoms with Gasteiger partial charge >= 0.3 is 10.2 Å². The number of carbonyl (C=O) groups is 2. The van der Waals surface area contributed by atoms with Crippen molar-refractivity contribution in [2.75, 3.05) is 32.0 Å². The molecule has 3 aromatic rings. The molecule has 0 bridgehead atoms. The number of hydrogen-bond acceptors (Lipinski definition) is 4. The second-order valence-corrected chi connectivity index (χ2v) is 11.7. The van der Waals surface area contributed by atoms with Gasteiger partial charge in [-0.05, 0) is 47.5 Å². The minimum Gasteiger partial charge on any atom is -0.357 e. The molecule has 8 nitrogen and oxygen atoms in total. The number of nitrogens with zero attached hydrogens (tertiary/aromatic N) is 3. The number of hydrogen-bond donors (Lipinski definition) is 1. The van der Waals surface area contributed by atoms with Crippen LogP contribution in [-0.2, 0) is 32.8 Å². The highest BCUT2D eigenvalue weighted by Gasteiger charge is 2.34. The van der Waals surface area contributed by atoms with E-state index in [1.54, 1.807) is 0 Å². The van der Waals surface area contributed by atoms with Crippen molar-refractivity contribution >= 4 is 43.6 Å². The van der Waals surface area contributed by atoms with E-state index in [2.05, 4.69) is 21.2 Å². The summed E-state index contributed by atoms with van der Waals surface area (Å²) in [4.78, 5) is 28.4. The smallest absolute Gasteiger partial charge is 0.304 e. The van der Waals surface area contributed by atoms with Crippen LogP contribution in [0.15, 0.2) is 83.3 Å². The van der Waals surface area contributed by atoms with Crippen molar-refractivity contribution in [1.82, 2.24) is 14.5 Å². The molecule has 11 heteroatoms. The number of benzene rings is 3. The Bertz CT molecular complexity index is 1340. The maximum Gasteiger partial charge on any atom is 0.304 e. The topological polar surface area (TPSA) is 90.0 Å². The van der Waals surface area contributed by atoms with E-state index in [1.165, 1.54) is 38.2 Å². The van der Waals surface area contributed by atoms with Crippen LogP contribution in [0, 0.1) is 5.82 Å². The molecule has 0 radical (unpaired) electrons. The summed E-state index contributed by atoms with van der Waals surface area (Å²) in [5.74, 6) is -1.52. The third kappa shape index (κ3) is 7.40. The highest BCUT2D eigenvalue weighted by atomic mass is 79.9. The lowest BCUT2D eigenvalue weighted by Gasteiger charge is -2.34. The second-order valence-electron chi connectivity index (χ2n) is 8.74. The highest BCUT2D eigenvalue weighted by molar-refractivity contribution is 9.10. The average molecular weight is 606 g/mol. The summed E-state index contributed by atoms with van der Waals surface area (Å²) in [6.07, 6.45) is 0.222. The Morgan fingerprint density at radius 3 is 2.08 bits per heavy atom. The lowest BCUT2D eigenvalue weighted by molar-refractivity contribution is -0.139. The van der Waals surface area contributed by atoms with Crippen LogP contribution >= 0.6 is 15.9 Å². The Hall–Kier alpha value is -3.28. The molecular formula is C27H30BrFN4O4S. The Morgan fingerprint density at radius 1 is 0.921 bits per heavy atom. The zero-order valence-corrected chi connectivity index (χ0v) is 23.7. The molecule has 1 N–H and O–H groups in total. The van der Waals surface area contributed by atoms with E-state index in [1.807, 2.05) is 54.6 Å². The standard InChI is InChI=1S/C27H30BrFN4O4S/c1-30-27(35)25(17-20-7-5-4-6-8-20)32(18-21-9-11-22(28)12-10-21)26(34)19-33(38(36,37)31(2)3)24-15-13-23(29)14-16-24/h4-16,25H,17-19H2,1-3H3,(H,30,35)/t25-/m1/s1. The van der Waals surface area contributed by atoms with Gasteiger partial charge in [-0.15, -0.1) is 0 Å². The monoisotopic (exact) mass is 604 g/mol. The second kappa shape index (κ2) is 13.0. The molecular weight excluding hydrogens is 575 g/mol. The predicted molar refractivity (Wildman–Crippen MR) is 149 cm³/mol. The Kier molecular flexibility index (Phi) is 10.0. The zero-order valence-electron chi connectivity index (χ0n) is 21.3. The van der Waals surface area contributed by atoms with E-state index < -0.39 is 34.5 Å². The maximum atomic E-state index is 13.9. The number of anilines is 1. The molecule has 0 heterocycles. The molecule has 38 heavy (non-hydrogen) atoms. The SMILES string of the molecule is CNC(=O)[C@@H](Cc1ccccc1)N(Cc1ccc(Br)cc1)C(=O)CN(c1ccc(F)cc1)S(=O)(=O)N(C)C. The first-order chi connectivity index (χ1) is 18.0. The van der Waals surface area contributed by atoms with E-state index >= 15 is 0 Å². The number of carbonyl (C=O) groups excluding carboxylic acids is 2. The fourth-order valence-electron chi connectivity index (χ4n) is 3.83. The minimum atomic E-state index is -4.13. The Labute approximate surface area is 231 Å². The van der Waals surface area contributed by atoms with Crippen LogP contribution in [0.4, 0.5) is 10.1 Å². The lowest BCUT2D eigenvalue weighted by atomic mass is 10.0. The van der Waals surface area contributed by atoms with E-state index in [4.69, 9.17) is 0 Å². The first kappa shape index (κ1) is 29.3. The predicted octanol–water partition coefficient (Wildman–Crippen LogP) is 3.59. The van der Waals surface area contributed by atoms with Gasteiger partial charge in [0.05, 0.1) is 5.69 Å².